The summed E-state index contributed by atoms with van der Waals surface area (Å²) in [5, 5.41) is 19.7. The van der Waals surface area contributed by atoms with Crippen LogP contribution in [0.25, 0.3) is 0 Å². The van der Waals surface area contributed by atoms with E-state index in [1.165, 1.54) is 7.11 Å². The lowest BCUT2D eigenvalue weighted by Gasteiger charge is -2.24. The molecule has 0 fully saturated rings. The number of alkyl halides is 3. The van der Waals surface area contributed by atoms with Crippen molar-refractivity contribution in [2.45, 2.75) is 6.18 Å². The number of hydrogen-bond acceptors (Lipinski definition) is 5. The largest absolute Gasteiger partial charge is 0.478 e. The summed E-state index contributed by atoms with van der Waals surface area (Å²) in [7, 11) is 1.18. The van der Waals surface area contributed by atoms with E-state index < -0.39 is 46.5 Å². The fourth-order valence-corrected chi connectivity index (χ4v) is 1.71. The number of ether oxygens (including phenoxy) is 1. The molecule has 1 aromatic rings. The molecule has 1 aromatic carbocycles. The first-order valence-electron chi connectivity index (χ1n) is 5.99. The van der Waals surface area contributed by atoms with Gasteiger partial charge in [0, 0.05) is 25.8 Å². The minimum absolute atomic E-state index is 0.163. The van der Waals surface area contributed by atoms with Crippen molar-refractivity contribution in [1.29, 1.82) is 0 Å². The van der Waals surface area contributed by atoms with Crippen molar-refractivity contribution < 1.29 is 37.5 Å². The standard InChI is InChI=1S/C12H11F3N2O6/c1-23-5-4-16(11(20)12(13,14)15)9-3-2-7(17(21)22)6-8(9)10(18)19/h2-3,6H,4-5H2,1H3,(H,18,19). The molecule has 0 saturated heterocycles. The highest BCUT2D eigenvalue weighted by Crippen LogP contribution is 2.29. The number of carboxylic acid groups (broad SMARTS) is 1. The first-order chi connectivity index (χ1) is 10.6. The van der Waals surface area contributed by atoms with Gasteiger partial charge in [0.05, 0.1) is 22.8 Å². The molecule has 0 radical (unpaired) electrons. The number of anilines is 1. The number of amides is 1. The van der Waals surface area contributed by atoms with E-state index >= 15 is 0 Å². The maximum Gasteiger partial charge on any atom is 0.471 e. The second-order valence-electron chi connectivity index (χ2n) is 4.21. The van der Waals surface area contributed by atoms with Crippen molar-refractivity contribution in [3.8, 4) is 0 Å². The molecular formula is C12H11F3N2O6. The summed E-state index contributed by atoms with van der Waals surface area (Å²) in [6.07, 6.45) is -5.24. The second-order valence-corrected chi connectivity index (χ2v) is 4.21. The summed E-state index contributed by atoms with van der Waals surface area (Å²) in [5.41, 5.74) is -2.03. The Morgan fingerprint density at radius 1 is 1.39 bits per heavy atom. The van der Waals surface area contributed by atoms with Crippen LogP contribution in [-0.2, 0) is 9.53 Å². The van der Waals surface area contributed by atoms with Crippen molar-refractivity contribution in [3.05, 3.63) is 33.9 Å². The van der Waals surface area contributed by atoms with Crippen molar-refractivity contribution in [3.63, 3.8) is 0 Å². The number of non-ortho nitro benzene ring substituents is 1. The van der Waals surface area contributed by atoms with Gasteiger partial charge >= 0.3 is 18.1 Å². The lowest BCUT2D eigenvalue weighted by atomic mass is 10.1. The van der Waals surface area contributed by atoms with Gasteiger partial charge in [-0.05, 0) is 6.07 Å². The normalized spacial score (nSPS) is 11.1. The van der Waals surface area contributed by atoms with Crippen LogP contribution >= 0.6 is 0 Å². The van der Waals surface area contributed by atoms with Crippen LogP contribution in [0.5, 0.6) is 0 Å². The molecule has 0 aliphatic heterocycles. The molecular weight excluding hydrogens is 325 g/mol. The Morgan fingerprint density at radius 3 is 2.43 bits per heavy atom. The summed E-state index contributed by atoms with van der Waals surface area (Å²) in [6, 6.07) is 2.17. The minimum atomic E-state index is -5.24. The fraction of sp³-hybridized carbons (Fsp3) is 0.333. The van der Waals surface area contributed by atoms with Crippen molar-refractivity contribution in [2.75, 3.05) is 25.2 Å². The van der Waals surface area contributed by atoms with Crippen molar-refractivity contribution in [1.82, 2.24) is 0 Å². The number of benzene rings is 1. The number of carboxylic acids is 1. The van der Waals surface area contributed by atoms with Crippen molar-refractivity contribution >= 4 is 23.3 Å². The molecule has 0 unspecified atom stereocenters. The van der Waals surface area contributed by atoms with Gasteiger partial charge in [0.25, 0.3) is 5.69 Å². The smallest absolute Gasteiger partial charge is 0.471 e. The molecule has 11 heteroatoms. The number of hydrogen-bond donors (Lipinski definition) is 1. The second kappa shape index (κ2) is 7.05. The number of nitrogens with zero attached hydrogens (tertiary/aromatic N) is 2. The maximum absolute atomic E-state index is 12.7. The molecule has 0 aliphatic rings. The molecule has 0 aliphatic carbocycles. The lowest BCUT2D eigenvalue weighted by molar-refractivity contribution is -0.384. The third kappa shape index (κ3) is 4.39. The monoisotopic (exact) mass is 336 g/mol. The van der Waals surface area contributed by atoms with Gasteiger partial charge in [-0.2, -0.15) is 13.2 Å². The van der Waals surface area contributed by atoms with Crippen LogP contribution in [0.1, 0.15) is 10.4 Å². The number of halogens is 3. The number of methoxy groups -OCH3 is 1. The first-order valence-corrected chi connectivity index (χ1v) is 5.99. The van der Waals surface area contributed by atoms with Gasteiger partial charge in [-0.25, -0.2) is 4.79 Å². The van der Waals surface area contributed by atoms with Gasteiger partial charge in [0.2, 0.25) is 0 Å². The molecule has 8 nitrogen and oxygen atoms in total. The lowest BCUT2D eigenvalue weighted by Crippen LogP contribution is -2.43. The summed E-state index contributed by atoms with van der Waals surface area (Å²) in [5.74, 6) is -4.01. The van der Waals surface area contributed by atoms with Crippen LogP contribution in [0.2, 0.25) is 0 Å². The summed E-state index contributed by atoms with van der Waals surface area (Å²) < 4.78 is 42.6. The average Bonchev–Trinajstić information content (AvgIpc) is 2.46. The quantitative estimate of drug-likeness (QED) is 0.627. The molecule has 126 valence electrons. The van der Waals surface area contributed by atoms with Gasteiger partial charge in [-0.15, -0.1) is 0 Å². The van der Waals surface area contributed by atoms with E-state index in [1.54, 1.807) is 0 Å². The Labute approximate surface area is 127 Å². The zero-order valence-corrected chi connectivity index (χ0v) is 11.7. The fourth-order valence-electron chi connectivity index (χ4n) is 1.71. The predicted molar refractivity (Wildman–Crippen MR) is 70.3 cm³/mol. The minimum Gasteiger partial charge on any atom is -0.478 e. The Hall–Kier alpha value is -2.69. The molecule has 1 N–H and O–H groups in total. The van der Waals surface area contributed by atoms with E-state index in [0.29, 0.717) is 6.07 Å². The zero-order chi connectivity index (χ0) is 17.8. The van der Waals surface area contributed by atoms with Crippen LogP contribution in [0.3, 0.4) is 0 Å². The van der Waals surface area contributed by atoms with Gasteiger partial charge < -0.3 is 14.7 Å². The molecule has 0 atom stereocenters. The molecule has 0 saturated carbocycles. The van der Waals surface area contributed by atoms with Crippen LogP contribution in [0, 0.1) is 10.1 Å². The van der Waals surface area contributed by atoms with Crippen LogP contribution in [0.15, 0.2) is 18.2 Å². The molecule has 1 rings (SSSR count). The molecule has 1 amide bonds. The molecule has 23 heavy (non-hydrogen) atoms. The first kappa shape index (κ1) is 18.4. The Balaban J connectivity index is 3.43. The number of carbonyl (C=O) groups excluding carboxylic acids is 1. The van der Waals surface area contributed by atoms with Gasteiger partial charge in [0.1, 0.15) is 0 Å². The van der Waals surface area contributed by atoms with E-state index in [1.807, 2.05) is 0 Å². The van der Waals surface area contributed by atoms with E-state index in [4.69, 9.17) is 5.11 Å². The number of carbonyl (C=O) groups is 2. The Bertz CT molecular complexity index is 632. The highest BCUT2D eigenvalue weighted by Gasteiger charge is 2.43. The average molecular weight is 336 g/mol. The van der Waals surface area contributed by atoms with Gasteiger partial charge in [-0.3, -0.25) is 14.9 Å². The predicted octanol–water partition coefficient (Wildman–Crippen LogP) is 1.83. The number of aromatic carboxylic acids is 1. The SMILES string of the molecule is COCCN(C(=O)C(F)(F)F)c1ccc([N+](=O)[O-])cc1C(=O)O. The third-order valence-corrected chi connectivity index (χ3v) is 2.72. The number of rotatable bonds is 6. The highest BCUT2D eigenvalue weighted by atomic mass is 19.4. The van der Waals surface area contributed by atoms with E-state index in [0.717, 1.165) is 12.1 Å². The zero-order valence-electron chi connectivity index (χ0n) is 11.7. The van der Waals surface area contributed by atoms with E-state index in [-0.39, 0.29) is 11.5 Å². The van der Waals surface area contributed by atoms with E-state index in [2.05, 4.69) is 4.74 Å². The van der Waals surface area contributed by atoms with E-state index in [9.17, 15) is 32.9 Å². The highest BCUT2D eigenvalue weighted by molar-refractivity contribution is 6.04. The molecule has 0 spiro atoms. The van der Waals surface area contributed by atoms with Gasteiger partial charge in [-0.1, -0.05) is 0 Å². The number of nitro groups is 1. The third-order valence-electron chi connectivity index (χ3n) is 2.72. The molecule has 0 heterocycles. The topological polar surface area (TPSA) is 110 Å². The Kier molecular flexibility index (Phi) is 5.62. The van der Waals surface area contributed by atoms with Crippen LogP contribution < -0.4 is 4.90 Å². The van der Waals surface area contributed by atoms with Crippen LogP contribution in [0.4, 0.5) is 24.5 Å². The Morgan fingerprint density at radius 2 is 2.00 bits per heavy atom. The summed E-state index contributed by atoms with van der Waals surface area (Å²) >= 11 is 0. The number of nitro benzene ring substituents is 1. The maximum atomic E-state index is 12.7. The molecule has 0 aromatic heterocycles. The van der Waals surface area contributed by atoms with Crippen LogP contribution in [-0.4, -0.2) is 48.3 Å². The summed E-state index contributed by atoms with van der Waals surface area (Å²) in [4.78, 5) is 32.6. The van der Waals surface area contributed by atoms with Crippen molar-refractivity contribution in [2.24, 2.45) is 0 Å². The summed E-state index contributed by atoms with van der Waals surface area (Å²) in [6.45, 7) is -0.870. The van der Waals surface area contributed by atoms with Gasteiger partial charge in [0.15, 0.2) is 0 Å². The molecule has 0 bridgehead atoms.